The summed E-state index contributed by atoms with van der Waals surface area (Å²) >= 11 is 5.91. The zero-order valence-corrected chi connectivity index (χ0v) is 14.3. The number of nitrogens with zero attached hydrogens (tertiary/aromatic N) is 2. The van der Waals surface area contributed by atoms with Gasteiger partial charge in [0.2, 0.25) is 5.95 Å². The van der Waals surface area contributed by atoms with Crippen LogP contribution in [-0.4, -0.2) is 15.9 Å². The molecule has 0 aliphatic heterocycles. The molecule has 1 amide bonds. The average molecular weight is 375 g/mol. The van der Waals surface area contributed by atoms with Crippen molar-refractivity contribution in [1.29, 1.82) is 0 Å². The highest BCUT2D eigenvalue weighted by Crippen LogP contribution is 2.22. The van der Waals surface area contributed by atoms with Gasteiger partial charge in [0.15, 0.2) is 0 Å². The molecule has 1 heterocycles. The summed E-state index contributed by atoms with van der Waals surface area (Å²) < 4.78 is 27.2. The van der Waals surface area contributed by atoms with Gasteiger partial charge in [0.25, 0.3) is 5.91 Å². The number of benzene rings is 2. The highest BCUT2D eigenvalue weighted by atomic mass is 35.5. The molecular formula is C18H13ClF2N4O. The third-order valence-corrected chi connectivity index (χ3v) is 3.79. The Hall–Kier alpha value is -3.06. The van der Waals surface area contributed by atoms with Crippen molar-refractivity contribution in [1.82, 2.24) is 9.97 Å². The molecule has 0 unspecified atom stereocenters. The van der Waals surface area contributed by atoms with Gasteiger partial charge in [0.1, 0.15) is 17.3 Å². The maximum Gasteiger partial charge on any atom is 0.258 e. The number of anilines is 3. The second-order valence-electron chi connectivity index (χ2n) is 5.43. The van der Waals surface area contributed by atoms with Gasteiger partial charge in [-0.3, -0.25) is 4.79 Å². The molecule has 1 aromatic heterocycles. The van der Waals surface area contributed by atoms with Gasteiger partial charge in [-0.15, -0.1) is 0 Å². The molecule has 8 heteroatoms. The zero-order valence-electron chi connectivity index (χ0n) is 13.6. The number of aryl methyl sites for hydroxylation is 1. The van der Waals surface area contributed by atoms with Gasteiger partial charge in [0, 0.05) is 23.1 Å². The Kier molecular flexibility index (Phi) is 5.09. The molecule has 2 aromatic carbocycles. The predicted octanol–water partition coefficient (Wildman–Crippen LogP) is 4.71. The van der Waals surface area contributed by atoms with E-state index in [9.17, 15) is 13.6 Å². The van der Waals surface area contributed by atoms with Crippen LogP contribution in [-0.2, 0) is 0 Å². The van der Waals surface area contributed by atoms with Crippen LogP contribution >= 0.6 is 11.6 Å². The van der Waals surface area contributed by atoms with Crippen LogP contribution in [0.25, 0.3) is 0 Å². The maximum atomic E-state index is 13.6. The molecule has 0 atom stereocenters. The molecule has 0 aliphatic rings. The van der Waals surface area contributed by atoms with Crippen molar-refractivity contribution in [2.75, 3.05) is 10.6 Å². The minimum absolute atomic E-state index is 0.0611. The Morgan fingerprint density at radius 3 is 2.35 bits per heavy atom. The number of nitrogens with one attached hydrogen (secondary N) is 2. The minimum Gasteiger partial charge on any atom is -0.324 e. The summed E-state index contributed by atoms with van der Waals surface area (Å²) in [6.45, 7) is 1.87. The van der Waals surface area contributed by atoms with E-state index in [1.807, 2.05) is 6.92 Å². The van der Waals surface area contributed by atoms with Gasteiger partial charge < -0.3 is 10.6 Å². The lowest BCUT2D eigenvalue weighted by atomic mass is 10.2. The number of hydrogen-bond acceptors (Lipinski definition) is 4. The molecule has 3 aromatic rings. The van der Waals surface area contributed by atoms with Crippen LogP contribution < -0.4 is 10.6 Å². The van der Waals surface area contributed by atoms with Gasteiger partial charge in [-0.2, -0.15) is 0 Å². The summed E-state index contributed by atoms with van der Waals surface area (Å²) in [4.78, 5) is 20.2. The van der Waals surface area contributed by atoms with E-state index in [2.05, 4.69) is 20.6 Å². The Bertz CT molecular complexity index is 944. The van der Waals surface area contributed by atoms with Gasteiger partial charge in [-0.25, -0.2) is 18.7 Å². The van der Waals surface area contributed by atoms with E-state index in [0.717, 1.165) is 23.4 Å². The van der Waals surface area contributed by atoms with Crippen molar-refractivity contribution in [2.45, 2.75) is 6.92 Å². The first-order chi connectivity index (χ1) is 12.4. The number of carbonyl (C=O) groups excluding carboxylic acids is 1. The monoisotopic (exact) mass is 374 g/mol. The predicted molar refractivity (Wildman–Crippen MR) is 95.8 cm³/mol. The van der Waals surface area contributed by atoms with Crippen molar-refractivity contribution in [2.24, 2.45) is 0 Å². The van der Waals surface area contributed by atoms with Crippen LogP contribution in [0.1, 0.15) is 15.9 Å². The molecule has 0 fully saturated rings. The Labute approximate surface area is 153 Å². The highest BCUT2D eigenvalue weighted by Gasteiger charge is 2.14. The van der Waals surface area contributed by atoms with Crippen LogP contribution in [0.3, 0.4) is 0 Å². The van der Waals surface area contributed by atoms with E-state index in [0.29, 0.717) is 5.02 Å². The number of para-hydroxylation sites is 1. The van der Waals surface area contributed by atoms with E-state index in [1.54, 1.807) is 18.2 Å². The average Bonchev–Trinajstić information content (AvgIpc) is 2.61. The third kappa shape index (κ3) is 3.94. The largest absolute Gasteiger partial charge is 0.324 e. The lowest BCUT2D eigenvalue weighted by Crippen LogP contribution is -2.15. The molecule has 0 saturated carbocycles. The van der Waals surface area contributed by atoms with Crippen molar-refractivity contribution in [3.63, 3.8) is 0 Å². The fourth-order valence-electron chi connectivity index (χ4n) is 2.20. The quantitative estimate of drug-likeness (QED) is 0.694. The smallest absolute Gasteiger partial charge is 0.258 e. The summed E-state index contributed by atoms with van der Waals surface area (Å²) in [7, 11) is 0. The molecular weight excluding hydrogens is 362 g/mol. The summed E-state index contributed by atoms with van der Waals surface area (Å²) in [6.07, 6.45) is 2.52. The third-order valence-electron chi connectivity index (χ3n) is 3.55. The van der Waals surface area contributed by atoms with E-state index in [-0.39, 0.29) is 11.5 Å². The second-order valence-corrected chi connectivity index (χ2v) is 5.87. The molecule has 2 N–H and O–H groups in total. The van der Waals surface area contributed by atoms with E-state index >= 15 is 0 Å². The lowest BCUT2D eigenvalue weighted by Gasteiger charge is -2.09. The lowest BCUT2D eigenvalue weighted by molar-refractivity contribution is 0.102. The van der Waals surface area contributed by atoms with Crippen molar-refractivity contribution < 1.29 is 13.6 Å². The van der Waals surface area contributed by atoms with Crippen molar-refractivity contribution >= 4 is 34.8 Å². The molecule has 5 nitrogen and oxygen atoms in total. The summed E-state index contributed by atoms with van der Waals surface area (Å²) in [5.74, 6) is -2.18. The molecule has 0 radical (unpaired) electrons. The second kappa shape index (κ2) is 7.45. The number of carbonyl (C=O) groups is 1. The highest BCUT2D eigenvalue weighted by molar-refractivity contribution is 6.30. The first-order valence-electron chi connectivity index (χ1n) is 7.54. The first kappa shape index (κ1) is 17.8. The van der Waals surface area contributed by atoms with Crippen LogP contribution in [0.4, 0.5) is 26.1 Å². The normalized spacial score (nSPS) is 10.5. The molecule has 0 saturated heterocycles. The molecule has 3 rings (SSSR count). The van der Waals surface area contributed by atoms with Crippen LogP contribution in [0.2, 0.25) is 5.02 Å². The molecule has 132 valence electrons. The molecule has 0 aliphatic carbocycles. The number of rotatable bonds is 4. The van der Waals surface area contributed by atoms with Crippen molar-refractivity contribution in [3.05, 3.63) is 76.6 Å². The maximum absolute atomic E-state index is 13.6. The van der Waals surface area contributed by atoms with E-state index in [1.165, 1.54) is 18.5 Å². The van der Waals surface area contributed by atoms with Gasteiger partial charge in [-0.05, 0) is 42.8 Å². The van der Waals surface area contributed by atoms with Crippen LogP contribution in [0, 0.1) is 18.6 Å². The summed E-state index contributed by atoms with van der Waals surface area (Å²) in [5, 5.41) is 5.79. The van der Waals surface area contributed by atoms with Crippen LogP contribution in [0.5, 0.6) is 0 Å². The van der Waals surface area contributed by atoms with Gasteiger partial charge in [0.05, 0.1) is 5.56 Å². The van der Waals surface area contributed by atoms with E-state index < -0.39 is 23.2 Å². The molecule has 26 heavy (non-hydrogen) atoms. The topological polar surface area (TPSA) is 66.9 Å². The molecule has 0 spiro atoms. The van der Waals surface area contributed by atoms with Gasteiger partial charge >= 0.3 is 0 Å². The Morgan fingerprint density at radius 2 is 1.73 bits per heavy atom. The van der Waals surface area contributed by atoms with Crippen LogP contribution in [0.15, 0.2) is 48.8 Å². The number of aromatic nitrogens is 2. The minimum atomic E-state index is -0.865. The SMILES string of the molecule is Cc1cc(Cl)ccc1Nc1ncc(C(=O)Nc2c(F)cccc2F)cn1. The standard InChI is InChI=1S/C18H13ClF2N4O/c1-10-7-12(19)5-6-15(10)24-18-22-8-11(9-23-18)17(26)25-16-13(20)3-2-4-14(16)21/h2-9H,1H3,(H,25,26)(H,22,23,24). The fourth-order valence-corrected chi connectivity index (χ4v) is 2.43. The number of amides is 1. The Morgan fingerprint density at radius 1 is 1.08 bits per heavy atom. The summed E-state index contributed by atoms with van der Waals surface area (Å²) in [6, 6.07) is 8.61. The summed E-state index contributed by atoms with van der Waals surface area (Å²) in [5.41, 5.74) is 1.21. The van der Waals surface area contributed by atoms with E-state index in [4.69, 9.17) is 11.6 Å². The first-order valence-corrected chi connectivity index (χ1v) is 7.92. The Balaban J connectivity index is 1.74. The molecule has 0 bridgehead atoms. The zero-order chi connectivity index (χ0) is 18.7. The number of hydrogen-bond donors (Lipinski definition) is 2. The number of halogens is 3. The van der Waals surface area contributed by atoms with Gasteiger partial charge in [-0.1, -0.05) is 17.7 Å². The van der Waals surface area contributed by atoms with Crippen molar-refractivity contribution in [3.8, 4) is 0 Å². The fraction of sp³-hybridized carbons (Fsp3) is 0.0556.